The van der Waals surface area contributed by atoms with Crippen LogP contribution in [0.3, 0.4) is 0 Å². The minimum absolute atomic E-state index is 0.0245. The van der Waals surface area contributed by atoms with Gasteiger partial charge in [0.25, 0.3) is 0 Å². The second kappa shape index (κ2) is 7.04. The van der Waals surface area contributed by atoms with Gasteiger partial charge in [0.1, 0.15) is 0 Å². The molecule has 0 saturated carbocycles. The molecule has 0 aromatic heterocycles. The summed E-state index contributed by atoms with van der Waals surface area (Å²) < 4.78 is 1.84. The lowest BCUT2D eigenvalue weighted by Crippen LogP contribution is -2.12. The van der Waals surface area contributed by atoms with Crippen molar-refractivity contribution < 1.29 is 4.79 Å². The Bertz CT molecular complexity index is 369. The first-order valence-corrected chi connectivity index (χ1v) is 6.67. The highest BCUT2D eigenvalue weighted by molar-refractivity contribution is 9.11. The summed E-state index contributed by atoms with van der Waals surface area (Å²) in [6.45, 7) is 0.634. The molecule has 3 N–H and O–H groups in total. The van der Waals surface area contributed by atoms with Crippen LogP contribution in [0, 0.1) is 0 Å². The molecule has 3 nitrogen and oxygen atoms in total. The van der Waals surface area contributed by atoms with E-state index in [4.69, 9.17) is 5.73 Å². The average Bonchev–Trinajstić information content (AvgIpc) is 2.23. The van der Waals surface area contributed by atoms with E-state index in [0.717, 1.165) is 27.5 Å². The van der Waals surface area contributed by atoms with Gasteiger partial charge in [-0.3, -0.25) is 4.79 Å². The van der Waals surface area contributed by atoms with Crippen molar-refractivity contribution in [3.8, 4) is 0 Å². The molecule has 0 aliphatic carbocycles. The molecule has 16 heavy (non-hydrogen) atoms. The number of nitrogens with one attached hydrogen (secondary N) is 1. The standard InChI is InChI=1S/C11H14Br2N2O/c12-8-4-5-10(9(13)7-8)15-11(16)3-1-2-6-14/h4-5,7H,1-3,6,14H2,(H,15,16). The molecule has 1 rings (SSSR count). The highest BCUT2D eigenvalue weighted by Gasteiger charge is 2.05. The van der Waals surface area contributed by atoms with E-state index < -0.39 is 0 Å². The van der Waals surface area contributed by atoms with Gasteiger partial charge >= 0.3 is 0 Å². The number of halogens is 2. The van der Waals surface area contributed by atoms with Gasteiger partial charge in [-0.05, 0) is 53.5 Å². The van der Waals surface area contributed by atoms with Crippen LogP contribution in [-0.4, -0.2) is 12.5 Å². The van der Waals surface area contributed by atoms with Crippen molar-refractivity contribution in [3.63, 3.8) is 0 Å². The number of carbonyl (C=O) groups excluding carboxylic acids is 1. The van der Waals surface area contributed by atoms with Crippen molar-refractivity contribution in [2.24, 2.45) is 5.73 Å². The fourth-order valence-electron chi connectivity index (χ4n) is 1.23. The molecule has 0 atom stereocenters. The first-order chi connectivity index (χ1) is 7.63. The van der Waals surface area contributed by atoms with Crippen LogP contribution >= 0.6 is 31.9 Å². The quantitative estimate of drug-likeness (QED) is 0.801. The number of amides is 1. The molecular formula is C11H14Br2N2O. The molecule has 0 spiro atoms. The molecule has 1 amide bonds. The Balaban J connectivity index is 2.49. The van der Waals surface area contributed by atoms with Gasteiger partial charge in [0.15, 0.2) is 0 Å². The highest BCUT2D eigenvalue weighted by Crippen LogP contribution is 2.26. The van der Waals surface area contributed by atoms with Crippen molar-refractivity contribution in [3.05, 3.63) is 27.1 Å². The molecule has 0 heterocycles. The van der Waals surface area contributed by atoms with Gasteiger partial charge < -0.3 is 11.1 Å². The first kappa shape index (κ1) is 13.7. The number of rotatable bonds is 5. The number of hydrogen-bond acceptors (Lipinski definition) is 2. The van der Waals surface area contributed by atoms with E-state index in [0.29, 0.717) is 13.0 Å². The average molecular weight is 350 g/mol. The van der Waals surface area contributed by atoms with E-state index in [-0.39, 0.29) is 5.91 Å². The molecule has 1 aromatic rings. The van der Waals surface area contributed by atoms with Crippen LogP contribution in [0.5, 0.6) is 0 Å². The van der Waals surface area contributed by atoms with E-state index in [1.54, 1.807) is 0 Å². The zero-order valence-electron chi connectivity index (χ0n) is 8.80. The smallest absolute Gasteiger partial charge is 0.224 e. The van der Waals surface area contributed by atoms with Crippen LogP contribution in [0.2, 0.25) is 0 Å². The maximum atomic E-state index is 11.5. The molecule has 0 unspecified atom stereocenters. The Morgan fingerprint density at radius 3 is 2.69 bits per heavy atom. The van der Waals surface area contributed by atoms with Crippen LogP contribution in [0.25, 0.3) is 0 Å². The number of nitrogens with two attached hydrogens (primary N) is 1. The number of anilines is 1. The minimum Gasteiger partial charge on any atom is -0.330 e. The number of hydrogen-bond donors (Lipinski definition) is 2. The van der Waals surface area contributed by atoms with E-state index in [1.165, 1.54) is 0 Å². The van der Waals surface area contributed by atoms with E-state index in [9.17, 15) is 4.79 Å². The second-order valence-corrected chi connectivity index (χ2v) is 5.19. The largest absolute Gasteiger partial charge is 0.330 e. The SMILES string of the molecule is NCCCCC(=O)Nc1ccc(Br)cc1Br. The maximum absolute atomic E-state index is 11.5. The van der Waals surface area contributed by atoms with Crippen LogP contribution in [0.15, 0.2) is 27.1 Å². The maximum Gasteiger partial charge on any atom is 0.224 e. The zero-order valence-corrected chi connectivity index (χ0v) is 12.0. The Hall–Kier alpha value is -0.390. The summed E-state index contributed by atoms with van der Waals surface area (Å²) in [5, 5.41) is 2.85. The Kier molecular flexibility index (Phi) is 6.01. The van der Waals surface area contributed by atoms with Crippen molar-refractivity contribution in [1.82, 2.24) is 0 Å². The number of unbranched alkanes of at least 4 members (excludes halogenated alkanes) is 1. The number of benzene rings is 1. The molecule has 88 valence electrons. The summed E-state index contributed by atoms with van der Waals surface area (Å²) in [4.78, 5) is 11.5. The van der Waals surface area contributed by atoms with Crippen LogP contribution in [0.4, 0.5) is 5.69 Å². The van der Waals surface area contributed by atoms with E-state index in [1.807, 2.05) is 18.2 Å². The molecular weight excluding hydrogens is 336 g/mol. The van der Waals surface area contributed by atoms with Crippen molar-refractivity contribution in [2.45, 2.75) is 19.3 Å². The topological polar surface area (TPSA) is 55.1 Å². The van der Waals surface area contributed by atoms with Crippen LogP contribution in [-0.2, 0) is 4.79 Å². The Morgan fingerprint density at radius 2 is 2.06 bits per heavy atom. The first-order valence-electron chi connectivity index (χ1n) is 5.08. The Labute approximate surface area is 112 Å². The molecule has 0 saturated heterocycles. The Morgan fingerprint density at radius 1 is 1.31 bits per heavy atom. The highest BCUT2D eigenvalue weighted by atomic mass is 79.9. The van der Waals surface area contributed by atoms with E-state index >= 15 is 0 Å². The fraction of sp³-hybridized carbons (Fsp3) is 0.364. The number of carbonyl (C=O) groups is 1. The van der Waals surface area contributed by atoms with E-state index in [2.05, 4.69) is 37.2 Å². The van der Waals surface area contributed by atoms with Crippen LogP contribution in [0.1, 0.15) is 19.3 Å². The summed E-state index contributed by atoms with van der Waals surface area (Å²) >= 11 is 6.75. The third-order valence-corrected chi connectivity index (χ3v) is 3.21. The third kappa shape index (κ3) is 4.63. The summed E-state index contributed by atoms with van der Waals surface area (Å²) in [5.41, 5.74) is 6.16. The lowest BCUT2D eigenvalue weighted by Gasteiger charge is -2.07. The minimum atomic E-state index is 0.0245. The predicted molar refractivity (Wildman–Crippen MR) is 73.4 cm³/mol. The molecule has 0 fully saturated rings. The molecule has 1 aromatic carbocycles. The molecule has 0 bridgehead atoms. The van der Waals surface area contributed by atoms with Crippen LogP contribution < -0.4 is 11.1 Å². The molecule has 0 radical (unpaired) electrons. The monoisotopic (exact) mass is 348 g/mol. The fourth-order valence-corrected chi connectivity index (χ4v) is 2.38. The third-order valence-electron chi connectivity index (χ3n) is 2.06. The van der Waals surface area contributed by atoms with Gasteiger partial charge in [-0.1, -0.05) is 15.9 Å². The summed E-state index contributed by atoms with van der Waals surface area (Å²) in [6.07, 6.45) is 2.23. The van der Waals surface area contributed by atoms with Gasteiger partial charge in [-0.15, -0.1) is 0 Å². The van der Waals surface area contributed by atoms with Crippen molar-refractivity contribution >= 4 is 43.5 Å². The summed E-state index contributed by atoms with van der Waals surface area (Å²) in [5.74, 6) is 0.0245. The van der Waals surface area contributed by atoms with Crippen molar-refractivity contribution in [1.29, 1.82) is 0 Å². The summed E-state index contributed by atoms with van der Waals surface area (Å²) in [6, 6.07) is 5.64. The molecule has 0 aliphatic rings. The van der Waals surface area contributed by atoms with Crippen molar-refractivity contribution in [2.75, 3.05) is 11.9 Å². The predicted octanol–water partition coefficient (Wildman–Crippen LogP) is 3.28. The van der Waals surface area contributed by atoms with Gasteiger partial charge in [-0.25, -0.2) is 0 Å². The van der Waals surface area contributed by atoms with Gasteiger partial charge in [-0.2, -0.15) is 0 Å². The molecule has 0 aliphatic heterocycles. The van der Waals surface area contributed by atoms with Gasteiger partial charge in [0.2, 0.25) is 5.91 Å². The second-order valence-electron chi connectivity index (χ2n) is 3.42. The van der Waals surface area contributed by atoms with Gasteiger partial charge in [0, 0.05) is 15.4 Å². The summed E-state index contributed by atoms with van der Waals surface area (Å²) in [7, 11) is 0. The van der Waals surface area contributed by atoms with Gasteiger partial charge in [0.05, 0.1) is 5.69 Å². The lowest BCUT2D eigenvalue weighted by molar-refractivity contribution is -0.116. The molecule has 5 heteroatoms. The lowest BCUT2D eigenvalue weighted by atomic mass is 10.2. The zero-order chi connectivity index (χ0) is 12.0. The normalized spacial score (nSPS) is 10.2.